The predicted molar refractivity (Wildman–Crippen MR) is 95.5 cm³/mol. The number of hydrogen-bond donors (Lipinski definition) is 1. The van der Waals surface area contributed by atoms with Crippen LogP contribution >= 0.6 is 11.6 Å². The largest absolute Gasteiger partial charge is 0.437 e. The number of anilines is 1. The van der Waals surface area contributed by atoms with Crippen molar-refractivity contribution < 1.29 is 13.2 Å². The lowest BCUT2D eigenvalue weighted by molar-refractivity contribution is 0.455. The first-order chi connectivity index (χ1) is 11.9. The third kappa shape index (κ3) is 4.46. The van der Waals surface area contributed by atoms with Crippen LogP contribution in [-0.2, 0) is 10.0 Å². The van der Waals surface area contributed by atoms with Gasteiger partial charge in [-0.1, -0.05) is 35.4 Å². The van der Waals surface area contributed by atoms with Crippen LogP contribution < -0.4 is 9.46 Å². The zero-order chi connectivity index (χ0) is 17.9. The van der Waals surface area contributed by atoms with Gasteiger partial charge in [0.25, 0.3) is 10.0 Å². The molecule has 0 spiro atoms. The standard InChI is InChI=1S/C17H14ClN3O3S/c1-12-5-7-15(8-6-12)25(22,23)21-13-3-2-4-14(11-13)24-17-10-9-16(18)19-20-17/h2-11,21H,1H3. The quantitative estimate of drug-likeness (QED) is 0.728. The lowest BCUT2D eigenvalue weighted by Gasteiger charge is -2.10. The van der Waals surface area contributed by atoms with Crippen LogP contribution in [0.3, 0.4) is 0 Å². The second-order valence-electron chi connectivity index (χ2n) is 5.24. The molecule has 1 aromatic heterocycles. The number of halogens is 1. The molecule has 25 heavy (non-hydrogen) atoms. The fourth-order valence-electron chi connectivity index (χ4n) is 2.03. The Hall–Kier alpha value is -2.64. The fraction of sp³-hybridized carbons (Fsp3) is 0.0588. The second-order valence-corrected chi connectivity index (χ2v) is 7.31. The van der Waals surface area contributed by atoms with Gasteiger partial charge in [0.05, 0.1) is 10.6 Å². The molecule has 0 saturated carbocycles. The van der Waals surface area contributed by atoms with Gasteiger partial charge >= 0.3 is 0 Å². The van der Waals surface area contributed by atoms with Crippen LogP contribution in [-0.4, -0.2) is 18.6 Å². The second kappa shape index (κ2) is 7.08. The van der Waals surface area contributed by atoms with Crippen LogP contribution in [0.4, 0.5) is 5.69 Å². The van der Waals surface area contributed by atoms with Crippen LogP contribution in [0, 0.1) is 6.92 Å². The van der Waals surface area contributed by atoms with Crippen LogP contribution in [0.25, 0.3) is 0 Å². The molecule has 0 bridgehead atoms. The van der Waals surface area contributed by atoms with Crippen molar-refractivity contribution in [3.8, 4) is 11.6 Å². The summed E-state index contributed by atoms with van der Waals surface area (Å²) in [6.45, 7) is 1.89. The van der Waals surface area contributed by atoms with E-state index in [0.29, 0.717) is 11.4 Å². The molecular weight excluding hydrogens is 362 g/mol. The van der Waals surface area contributed by atoms with Crippen molar-refractivity contribution in [2.75, 3.05) is 4.72 Å². The minimum absolute atomic E-state index is 0.188. The molecular formula is C17H14ClN3O3S. The SMILES string of the molecule is Cc1ccc(S(=O)(=O)Nc2cccc(Oc3ccc(Cl)nn3)c2)cc1. The van der Waals surface area contributed by atoms with Gasteiger partial charge in [0.2, 0.25) is 5.88 Å². The number of aromatic nitrogens is 2. The van der Waals surface area contributed by atoms with Gasteiger partial charge in [-0.3, -0.25) is 4.72 Å². The van der Waals surface area contributed by atoms with Gasteiger partial charge in [-0.15, -0.1) is 10.2 Å². The molecule has 0 saturated heterocycles. The van der Waals surface area contributed by atoms with Gasteiger partial charge in [-0.2, -0.15) is 0 Å². The Morgan fingerprint density at radius 3 is 2.44 bits per heavy atom. The molecule has 1 heterocycles. The van der Waals surface area contributed by atoms with E-state index in [4.69, 9.17) is 16.3 Å². The summed E-state index contributed by atoms with van der Waals surface area (Å²) in [4.78, 5) is 0.188. The van der Waals surface area contributed by atoms with Crippen molar-refractivity contribution in [2.24, 2.45) is 0 Å². The smallest absolute Gasteiger partial charge is 0.261 e. The summed E-state index contributed by atoms with van der Waals surface area (Å²) in [5.41, 5.74) is 1.36. The lowest BCUT2D eigenvalue weighted by Crippen LogP contribution is -2.12. The molecule has 0 unspecified atom stereocenters. The lowest BCUT2D eigenvalue weighted by atomic mass is 10.2. The van der Waals surface area contributed by atoms with Crippen molar-refractivity contribution in [3.63, 3.8) is 0 Å². The summed E-state index contributed by atoms with van der Waals surface area (Å²) in [5, 5.41) is 7.73. The number of nitrogens with zero attached hydrogens (tertiary/aromatic N) is 2. The van der Waals surface area contributed by atoms with E-state index in [2.05, 4.69) is 14.9 Å². The summed E-state index contributed by atoms with van der Waals surface area (Å²) in [6.07, 6.45) is 0. The number of aryl methyl sites for hydroxylation is 1. The van der Waals surface area contributed by atoms with E-state index >= 15 is 0 Å². The van der Waals surface area contributed by atoms with E-state index in [1.165, 1.54) is 0 Å². The molecule has 8 heteroatoms. The molecule has 0 aliphatic carbocycles. The molecule has 3 aromatic rings. The number of nitrogens with one attached hydrogen (secondary N) is 1. The number of rotatable bonds is 5. The summed E-state index contributed by atoms with van der Waals surface area (Å²) in [7, 11) is -3.68. The molecule has 0 radical (unpaired) electrons. The normalized spacial score (nSPS) is 11.1. The molecule has 0 amide bonds. The maximum absolute atomic E-state index is 12.4. The Balaban J connectivity index is 1.79. The number of benzene rings is 2. The molecule has 128 valence electrons. The highest BCUT2D eigenvalue weighted by Gasteiger charge is 2.14. The van der Waals surface area contributed by atoms with Gasteiger partial charge in [0.15, 0.2) is 5.15 Å². The van der Waals surface area contributed by atoms with E-state index in [1.807, 2.05) is 6.92 Å². The Kier molecular flexibility index (Phi) is 4.87. The predicted octanol–water partition coefficient (Wildman–Crippen LogP) is 4.03. The third-order valence-corrected chi connectivity index (χ3v) is 4.85. The Labute approximate surface area is 150 Å². The van der Waals surface area contributed by atoms with Crippen LogP contribution in [0.5, 0.6) is 11.6 Å². The van der Waals surface area contributed by atoms with E-state index in [1.54, 1.807) is 60.7 Å². The highest BCUT2D eigenvalue weighted by Crippen LogP contribution is 2.24. The van der Waals surface area contributed by atoms with Gasteiger partial charge < -0.3 is 4.74 Å². The van der Waals surface area contributed by atoms with E-state index in [9.17, 15) is 8.42 Å². The molecule has 0 fully saturated rings. The van der Waals surface area contributed by atoms with Crippen LogP contribution in [0.15, 0.2) is 65.6 Å². The molecule has 0 atom stereocenters. The van der Waals surface area contributed by atoms with Crippen LogP contribution in [0.1, 0.15) is 5.56 Å². The highest BCUT2D eigenvalue weighted by molar-refractivity contribution is 7.92. The minimum Gasteiger partial charge on any atom is -0.437 e. The number of ether oxygens (including phenoxy) is 1. The minimum atomic E-state index is -3.68. The van der Waals surface area contributed by atoms with Gasteiger partial charge in [0.1, 0.15) is 5.75 Å². The van der Waals surface area contributed by atoms with Crippen molar-refractivity contribution in [1.29, 1.82) is 0 Å². The summed E-state index contributed by atoms with van der Waals surface area (Å²) >= 11 is 5.67. The Morgan fingerprint density at radius 1 is 1.00 bits per heavy atom. The topological polar surface area (TPSA) is 81.2 Å². The Bertz CT molecular complexity index is 975. The summed E-state index contributed by atoms with van der Waals surface area (Å²) < 4.78 is 32.9. The first kappa shape index (κ1) is 17.2. The van der Waals surface area contributed by atoms with Gasteiger partial charge in [-0.25, -0.2) is 8.42 Å². The monoisotopic (exact) mass is 375 g/mol. The molecule has 6 nitrogen and oxygen atoms in total. The molecule has 3 rings (SSSR count). The zero-order valence-corrected chi connectivity index (χ0v) is 14.8. The van der Waals surface area contributed by atoms with Crippen molar-refractivity contribution >= 4 is 27.3 Å². The molecule has 2 aromatic carbocycles. The van der Waals surface area contributed by atoms with Crippen molar-refractivity contribution in [1.82, 2.24) is 10.2 Å². The first-order valence-electron chi connectivity index (χ1n) is 7.29. The van der Waals surface area contributed by atoms with E-state index in [0.717, 1.165) is 5.56 Å². The fourth-order valence-corrected chi connectivity index (χ4v) is 3.18. The summed E-state index contributed by atoms with van der Waals surface area (Å²) in [5.74, 6) is 0.670. The number of sulfonamides is 1. The average Bonchev–Trinajstić information content (AvgIpc) is 2.57. The zero-order valence-electron chi connectivity index (χ0n) is 13.2. The maximum Gasteiger partial charge on any atom is 0.261 e. The maximum atomic E-state index is 12.4. The van der Waals surface area contributed by atoms with Crippen molar-refractivity contribution in [3.05, 3.63) is 71.4 Å². The van der Waals surface area contributed by atoms with E-state index < -0.39 is 10.0 Å². The third-order valence-electron chi connectivity index (χ3n) is 3.25. The van der Waals surface area contributed by atoms with Gasteiger partial charge in [-0.05, 0) is 37.3 Å². The number of hydrogen-bond acceptors (Lipinski definition) is 5. The average molecular weight is 376 g/mol. The first-order valence-corrected chi connectivity index (χ1v) is 9.15. The van der Waals surface area contributed by atoms with Crippen molar-refractivity contribution in [2.45, 2.75) is 11.8 Å². The molecule has 0 aliphatic heterocycles. The van der Waals surface area contributed by atoms with Crippen LogP contribution in [0.2, 0.25) is 5.15 Å². The molecule has 0 aliphatic rings. The van der Waals surface area contributed by atoms with E-state index in [-0.39, 0.29) is 15.9 Å². The molecule has 1 N–H and O–H groups in total. The Morgan fingerprint density at radius 2 is 1.76 bits per heavy atom. The highest BCUT2D eigenvalue weighted by atomic mass is 35.5. The summed E-state index contributed by atoms with van der Waals surface area (Å²) in [6, 6.07) is 16.3. The van der Waals surface area contributed by atoms with Gasteiger partial charge in [0, 0.05) is 12.1 Å².